The first-order valence-electron chi connectivity index (χ1n) is 10.2. The van der Waals surface area contributed by atoms with E-state index < -0.39 is 0 Å². The van der Waals surface area contributed by atoms with Gasteiger partial charge >= 0.3 is 0 Å². The number of anilines is 2. The van der Waals surface area contributed by atoms with Crippen LogP contribution < -0.4 is 10.2 Å². The summed E-state index contributed by atoms with van der Waals surface area (Å²) in [6.45, 7) is 6.90. The standard InChI is InChI=1S/C23H29FN4O2/c1-17-4-5-18(2)21(14-17)25-22(29)15-26(3)16-23(30)28-12-10-27(11-13-28)20-8-6-19(24)7-9-20/h4-9,14H,10-13,15-16H2,1-3H3,(H,25,29). The number of piperazine rings is 1. The second kappa shape index (κ2) is 9.71. The van der Waals surface area contributed by atoms with Gasteiger partial charge in [-0.05, 0) is 62.4 Å². The van der Waals surface area contributed by atoms with Crippen LogP contribution in [0.25, 0.3) is 0 Å². The van der Waals surface area contributed by atoms with Crippen LogP contribution in [-0.2, 0) is 9.59 Å². The van der Waals surface area contributed by atoms with Crippen LogP contribution in [0.15, 0.2) is 42.5 Å². The Balaban J connectivity index is 1.44. The van der Waals surface area contributed by atoms with Gasteiger partial charge in [0.1, 0.15) is 5.82 Å². The van der Waals surface area contributed by atoms with E-state index in [-0.39, 0.29) is 30.7 Å². The fourth-order valence-electron chi connectivity index (χ4n) is 3.56. The third-order valence-electron chi connectivity index (χ3n) is 5.31. The van der Waals surface area contributed by atoms with Gasteiger partial charge in [0.05, 0.1) is 13.1 Å². The number of halogens is 1. The number of carbonyl (C=O) groups excluding carboxylic acids is 2. The van der Waals surface area contributed by atoms with Crippen molar-refractivity contribution in [3.05, 3.63) is 59.4 Å². The molecule has 6 nitrogen and oxygen atoms in total. The molecule has 0 spiro atoms. The Morgan fingerprint density at radius 2 is 1.67 bits per heavy atom. The van der Waals surface area contributed by atoms with Crippen LogP contribution in [-0.4, -0.2) is 67.9 Å². The van der Waals surface area contributed by atoms with Gasteiger partial charge in [0.25, 0.3) is 0 Å². The molecule has 7 heteroatoms. The molecule has 0 unspecified atom stereocenters. The molecule has 160 valence electrons. The van der Waals surface area contributed by atoms with E-state index in [9.17, 15) is 14.0 Å². The molecule has 1 aliphatic rings. The van der Waals surface area contributed by atoms with Crippen molar-refractivity contribution >= 4 is 23.2 Å². The van der Waals surface area contributed by atoms with Gasteiger partial charge in [-0.3, -0.25) is 14.5 Å². The predicted molar refractivity (Wildman–Crippen MR) is 117 cm³/mol. The van der Waals surface area contributed by atoms with Gasteiger partial charge in [-0.25, -0.2) is 4.39 Å². The zero-order valence-electron chi connectivity index (χ0n) is 17.8. The van der Waals surface area contributed by atoms with Crippen LogP contribution in [0.2, 0.25) is 0 Å². The Labute approximate surface area is 177 Å². The molecular weight excluding hydrogens is 383 g/mol. The maximum atomic E-state index is 13.1. The summed E-state index contributed by atoms with van der Waals surface area (Å²) in [4.78, 5) is 30.7. The highest BCUT2D eigenvalue weighted by molar-refractivity contribution is 5.93. The van der Waals surface area contributed by atoms with E-state index in [4.69, 9.17) is 0 Å². The first-order chi connectivity index (χ1) is 14.3. The van der Waals surface area contributed by atoms with Gasteiger partial charge < -0.3 is 15.1 Å². The van der Waals surface area contributed by atoms with E-state index in [0.717, 1.165) is 22.5 Å². The molecule has 0 aromatic heterocycles. The molecule has 0 bridgehead atoms. The number of amides is 2. The summed E-state index contributed by atoms with van der Waals surface area (Å²) in [5.41, 5.74) is 3.85. The van der Waals surface area contributed by atoms with Gasteiger partial charge in [0.2, 0.25) is 11.8 Å². The summed E-state index contributed by atoms with van der Waals surface area (Å²) in [6.07, 6.45) is 0. The SMILES string of the molecule is Cc1ccc(C)c(NC(=O)CN(C)CC(=O)N2CCN(c3ccc(F)cc3)CC2)c1. The monoisotopic (exact) mass is 412 g/mol. The highest BCUT2D eigenvalue weighted by Gasteiger charge is 2.22. The van der Waals surface area contributed by atoms with E-state index in [1.165, 1.54) is 12.1 Å². The van der Waals surface area contributed by atoms with Gasteiger partial charge in [-0.1, -0.05) is 12.1 Å². The molecule has 30 heavy (non-hydrogen) atoms. The van der Waals surface area contributed by atoms with Crippen molar-refractivity contribution in [3.8, 4) is 0 Å². The van der Waals surface area contributed by atoms with Crippen molar-refractivity contribution in [2.45, 2.75) is 13.8 Å². The number of aryl methyl sites for hydroxylation is 2. The third-order valence-corrected chi connectivity index (χ3v) is 5.31. The Morgan fingerprint density at radius 1 is 1.00 bits per heavy atom. The topological polar surface area (TPSA) is 55.9 Å². The minimum atomic E-state index is -0.253. The lowest BCUT2D eigenvalue weighted by Gasteiger charge is -2.36. The van der Waals surface area contributed by atoms with Crippen molar-refractivity contribution in [3.63, 3.8) is 0 Å². The number of carbonyl (C=O) groups is 2. The molecule has 2 aromatic carbocycles. The molecule has 0 atom stereocenters. The van der Waals surface area contributed by atoms with E-state index in [2.05, 4.69) is 10.2 Å². The van der Waals surface area contributed by atoms with Crippen LogP contribution in [0.4, 0.5) is 15.8 Å². The van der Waals surface area contributed by atoms with E-state index in [0.29, 0.717) is 26.2 Å². The number of hydrogen-bond donors (Lipinski definition) is 1. The van der Waals surface area contributed by atoms with Gasteiger partial charge in [0, 0.05) is 37.6 Å². The first-order valence-corrected chi connectivity index (χ1v) is 10.2. The second-order valence-corrected chi connectivity index (χ2v) is 7.88. The Hall–Kier alpha value is -2.93. The van der Waals surface area contributed by atoms with Crippen molar-refractivity contribution in [1.82, 2.24) is 9.80 Å². The molecule has 1 aliphatic heterocycles. The molecule has 2 amide bonds. The average Bonchev–Trinajstić information content (AvgIpc) is 2.71. The molecule has 1 saturated heterocycles. The third kappa shape index (κ3) is 5.79. The summed E-state index contributed by atoms with van der Waals surface area (Å²) in [5, 5.41) is 2.92. The summed E-state index contributed by atoms with van der Waals surface area (Å²) in [7, 11) is 1.77. The lowest BCUT2D eigenvalue weighted by atomic mass is 10.1. The van der Waals surface area contributed by atoms with E-state index >= 15 is 0 Å². The first kappa shape index (κ1) is 21.8. The quantitative estimate of drug-likeness (QED) is 0.793. The molecule has 2 aromatic rings. The zero-order valence-corrected chi connectivity index (χ0v) is 17.8. The van der Waals surface area contributed by atoms with Crippen LogP contribution in [0.1, 0.15) is 11.1 Å². The number of rotatable bonds is 6. The molecular formula is C23H29FN4O2. The summed E-state index contributed by atoms with van der Waals surface area (Å²) < 4.78 is 13.1. The van der Waals surface area contributed by atoms with Crippen LogP contribution in [0.5, 0.6) is 0 Å². The molecule has 1 N–H and O–H groups in total. The maximum Gasteiger partial charge on any atom is 0.238 e. The van der Waals surface area contributed by atoms with Gasteiger partial charge in [0.15, 0.2) is 0 Å². The van der Waals surface area contributed by atoms with Gasteiger partial charge in [-0.2, -0.15) is 0 Å². The molecule has 1 fully saturated rings. The van der Waals surface area contributed by atoms with E-state index in [1.807, 2.05) is 36.9 Å². The molecule has 0 saturated carbocycles. The maximum absolute atomic E-state index is 13.1. The smallest absolute Gasteiger partial charge is 0.238 e. The molecule has 1 heterocycles. The van der Waals surface area contributed by atoms with Crippen LogP contribution in [0, 0.1) is 19.7 Å². The van der Waals surface area contributed by atoms with Crippen molar-refractivity contribution in [2.75, 3.05) is 56.5 Å². The molecule has 0 aliphatic carbocycles. The summed E-state index contributed by atoms with van der Waals surface area (Å²) in [6, 6.07) is 12.3. The number of likely N-dealkylation sites (N-methyl/N-ethyl adjacent to an activating group) is 1. The molecule has 3 rings (SSSR count). The number of nitrogens with one attached hydrogen (secondary N) is 1. The van der Waals surface area contributed by atoms with Crippen molar-refractivity contribution < 1.29 is 14.0 Å². The average molecular weight is 413 g/mol. The number of benzene rings is 2. The van der Waals surface area contributed by atoms with E-state index in [1.54, 1.807) is 24.1 Å². The van der Waals surface area contributed by atoms with Crippen molar-refractivity contribution in [1.29, 1.82) is 0 Å². The minimum Gasteiger partial charge on any atom is -0.368 e. The predicted octanol–water partition coefficient (Wildman–Crippen LogP) is 2.66. The van der Waals surface area contributed by atoms with Crippen LogP contribution >= 0.6 is 0 Å². The fraction of sp³-hybridized carbons (Fsp3) is 0.391. The largest absolute Gasteiger partial charge is 0.368 e. The fourth-order valence-corrected chi connectivity index (χ4v) is 3.56. The van der Waals surface area contributed by atoms with Crippen LogP contribution in [0.3, 0.4) is 0 Å². The number of nitrogens with zero attached hydrogens (tertiary/aromatic N) is 3. The highest BCUT2D eigenvalue weighted by atomic mass is 19.1. The van der Waals surface area contributed by atoms with Gasteiger partial charge in [-0.15, -0.1) is 0 Å². The Kier molecular flexibility index (Phi) is 7.05. The minimum absolute atomic E-state index is 0.00999. The zero-order chi connectivity index (χ0) is 21.7. The molecule has 0 radical (unpaired) electrons. The second-order valence-electron chi connectivity index (χ2n) is 7.88. The van der Waals surface area contributed by atoms with Crippen molar-refractivity contribution in [2.24, 2.45) is 0 Å². The normalized spacial score (nSPS) is 14.2. The highest BCUT2D eigenvalue weighted by Crippen LogP contribution is 2.18. The Bertz CT molecular complexity index is 893. The lowest BCUT2D eigenvalue weighted by Crippen LogP contribution is -2.51. The summed E-state index contributed by atoms with van der Waals surface area (Å²) in [5.74, 6) is -0.381. The number of hydrogen-bond acceptors (Lipinski definition) is 4. The Morgan fingerprint density at radius 3 is 2.33 bits per heavy atom. The lowest BCUT2D eigenvalue weighted by molar-refractivity contribution is -0.132. The summed E-state index contributed by atoms with van der Waals surface area (Å²) >= 11 is 0.